The first kappa shape index (κ1) is 26.7. The average Bonchev–Trinajstić information content (AvgIpc) is 3.40. The van der Waals surface area contributed by atoms with Crippen LogP contribution < -0.4 is 16.1 Å². The molecule has 0 radical (unpaired) electrons. The zero-order chi connectivity index (χ0) is 28.2. The van der Waals surface area contributed by atoms with Crippen molar-refractivity contribution in [3.05, 3.63) is 110 Å². The molecule has 2 aromatic heterocycles. The topological polar surface area (TPSA) is 123 Å². The lowest BCUT2D eigenvalue weighted by atomic mass is 9.98. The molecule has 0 bridgehead atoms. The number of phenols is 1. The van der Waals surface area contributed by atoms with Gasteiger partial charge in [0.1, 0.15) is 17.3 Å². The lowest BCUT2D eigenvalue weighted by Gasteiger charge is -2.17. The van der Waals surface area contributed by atoms with Crippen molar-refractivity contribution in [1.29, 1.82) is 0 Å². The molecule has 0 amide bonds. The maximum absolute atomic E-state index is 13.8. The van der Waals surface area contributed by atoms with E-state index in [4.69, 9.17) is 14.2 Å². The number of aryl methyl sites for hydroxylation is 3. The first-order valence-corrected chi connectivity index (χ1v) is 13.2. The van der Waals surface area contributed by atoms with E-state index in [2.05, 4.69) is 17.1 Å². The average molecular weight is 539 g/mol. The number of aromatic amines is 1. The summed E-state index contributed by atoms with van der Waals surface area (Å²) in [7, 11) is 0. The van der Waals surface area contributed by atoms with Gasteiger partial charge in [-0.15, -0.1) is 0 Å². The Kier molecular flexibility index (Phi) is 7.63. The fraction of sp³-hybridized carbons (Fsp3) is 0.226. The maximum atomic E-state index is 13.8. The highest BCUT2D eigenvalue weighted by Crippen LogP contribution is 2.30. The summed E-state index contributed by atoms with van der Waals surface area (Å²) in [6.07, 6.45) is 2.04. The minimum Gasteiger partial charge on any atom is -0.508 e. The zero-order valence-electron chi connectivity index (χ0n) is 22.6. The Morgan fingerprint density at radius 2 is 1.75 bits per heavy atom. The molecular weight excluding hydrogens is 508 g/mol. The summed E-state index contributed by atoms with van der Waals surface area (Å²) >= 11 is 0. The van der Waals surface area contributed by atoms with Gasteiger partial charge in [0.05, 0.1) is 12.2 Å². The molecule has 0 aliphatic rings. The van der Waals surface area contributed by atoms with Gasteiger partial charge in [-0.1, -0.05) is 67.5 Å². The highest BCUT2D eigenvalue weighted by molar-refractivity contribution is 5.80. The molecular formula is C31H30N4O5. The van der Waals surface area contributed by atoms with Crippen LogP contribution in [-0.2, 0) is 19.4 Å². The van der Waals surface area contributed by atoms with Gasteiger partial charge in [0.2, 0.25) is 5.75 Å². The standard InChI is InChI=1S/C31H30N4O5/c1-4-8-27-32-25(5-2)28(39-22-15-16-26(36)19(3)17-22)30(37)35(27)18-20-11-13-21(14-12-20)23-9-6-7-10-24(23)29-33-31(38)40-34-29/h6-7,9-17,36H,4-5,8,18H2,1-3H3,(H,33,34,38). The Balaban J connectivity index is 1.50. The number of aromatic nitrogens is 4. The van der Waals surface area contributed by atoms with E-state index < -0.39 is 5.76 Å². The number of rotatable bonds is 9. The van der Waals surface area contributed by atoms with Crippen molar-refractivity contribution in [2.24, 2.45) is 0 Å². The number of phenolic OH excluding ortho intramolecular Hbond substituents is 1. The van der Waals surface area contributed by atoms with Crippen LogP contribution in [-0.4, -0.2) is 24.8 Å². The van der Waals surface area contributed by atoms with Crippen LogP contribution in [0.25, 0.3) is 22.5 Å². The molecule has 0 fully saturated rings. The van der Waals surface area contributed by atoms with Gasteiger partial charge < -0.3 is 9.84 Å². The number of nitrogens with zero attached hydrogens (tertiary/aromatic N) is 3. The van der Waals surface area contributed by atoms with Crippen LogP contribution in [0.4, 0.5) is 0 Å². The molecule has 9 nitrogen and oxygen atoms in total. The first-order valence-electron chi connectivity index (χ1n) is 13.2. The Labute approximate surface area is 230 Å². The third kappa shape index (κ3) is 5.44. The Hall–Kier alpha value is -4.92. The summed E-state index contributed by atoms with van der Waals surface area (Å²) in [5.41, 5.74) is 4.50. The number of hydrogen-bond donors (Lipinski definition) is 2. The van der Waals surface area contributed by atoms with Crippen LogP contribution in [0.15, 0.2) is 80.8 Å². The number of aromatic hydroxyl groups is 1. The molecule has 5 aromatic rings. The minimum atomic E-state index is -0.611. The number of hydrogen-bond acceptors (Lipinski definition) is 7. The quantitative estimate of drug-likeness (QED) is 0.250. The predicted molar refractivity (Wildman–Crippen MR) is 152 cm³/mol. The molecule has 9 heteroatoms. The fourth-order valence-corrected chi connectivity index (χ4v) is 4.62. The van der Waals surface area contributed by atoms with Gasteiger partial charge in [0.25, 0.3) is 5.56 Å². The van der Waals surface area contributed by atoms with Crippen molar-refractivity contribution in [3.63, 3.8) is 0 Å². The molecule has 2 N–H and O–H groups in total. The van der Waals surface area contributed by atoms with Crippen molar-refractivity contribution < 1.29 is 14.4 Å². The Morgan fingerprint density at radius 1 is 1.00 bits per heavy atom. The van der Waals surface area contributed by atoms with E-state index in [0.717, 1.165) is 28.7 Å². The van der Waals surface area contributed by atoms with E-state index in [1.807, 2.05) is 55.5 Å². The molecule has 0 saturated heterocycles. The van der Waals surface area contributed by atoms with Crippen molar-refractivity contribution in [1.82, 2.24) is 19.7 Å². The van der Waals surface area contributed by atoms with Crippen LogP contribution in [0, 0.1) is 6.92 Å². The number of benzene rings is 3. The fourth-order valence-electron chi connectivity index (χ4n) is 4.62. The highest BCUT2D eigenvalue weighted by Gasteiger charge is 2.19. The monoisotopic (exact) mass is 538 g/mol. The summed E-state index contributed by atoms with van der Waals surface area (Å²) in [5.74, 6) is 1.29. The Morgan fingerprint density at radius 3 is 2.40 bits per heavy atom. The number of nitrogens with one attached hydrogen (secondary N) is 1. The van der Waals surface area contributed by atoms with Gasteiger partial charge in [-0.25, -0.2) is 9.78 Å². The summed E-state index contributed by atoms with van der Waals surface area (Å²) in [6, 6.07) is 20.4. The lowest BCUT2D eigenvalue weighted by Crippen LogP contribution is -2.28. The largest absolute Gasteiger partial charge is 0.508 e. The van der Waals surface area contributed by atoms with E-state index in [0.29, 0.717) is 48.0 Å². The van der Waals surface area contributed by atoms with Gasteiger partial charge in [-0.2, -0.15) is 0 Å². The lowest BCUT2D eigenvalue weighted by molar-refractivity contribution is 0.388. The molecule has 2 heterocycles. The second kappa shape index (κ2) is 11.4. The van der Waals surface area contributed by atoms with Crippen molar-refractivity contribution in [2.45, 2.75) is 46.6 Å². The van der Waals surface area contributed by atoms with Crippen molar-refractivity contribution in [2.75, 3.05) is 0 Å². The summed E-state index contributed by atoms with van der Waals surface area (Å²) in [6.45, 7) is 6.10. The molecule has 0 atom stereocenters. The minimum absolute atomic E-state index is 0.164. The van der Waals surface area contributed by atoms with Gasteiger partial charge in [0.15, 0.2) is 5.82 Å². The van der Waals surface area contributed by atoms with Gasteiger partial charge in [-0.3, -0.25) is 18.9 Å². The second-order valence-corrected chi connectivity index (χ2v) is 9.54. The van der Waals surface area contributed by atoms with E-state index in [-0.39, 0.29) is 17.1 Å². The molecule has 40 heavy (non-hydrogen) atoms. The normalized spacial score (nSPS) is 11.1. The molecule has 204 valence electrons. The molecule has 0 aliphatic carbocycles. The van der Waals surface area contributed by atoms with E-state index in [9.17, 15) is 14.7 Å². The first-order chi connectivity index (χ1) is 19.4. The van der Waals surface area contributed by atoms with Crippen LogP contribution in [0.2, 0.25) is 0 Å². The summed E-state index contributed by atoms with van der Waals surface area (Å²) in [4.78, 5) is 32.7. The van der Waals surface area contributed by atoms with Gasteiger partial charge in [-0.05, 0) is 60.2 Å². The third-order valence-electron chi connectivity index (χ3n) is 6.70. The van der Waals surface area contributed by atoms with Gasteiger partial charge >= 0.3 is 5.76 Å². The second-order valence-electron chi connectivity index (χ2n) is 9.54. The smallest absolute Gasteiger partial charge is 0.439 e. The van der Waals surface area contributed by atoms with E-state index in [1.165, 1.54) is 0 Å². The molecule has 0 unspecified atom stereocenters. The Bertz CT molecular complexity index is 1770. The van der Waals surface area contributed by atoms with Gasteiger partial charge in [0, 0.05) is 12.0 Å². The zero-order valence-corrected chi connectivity index (χ0v) is 22.6. The van der Waals surface area contributed by atoms with Crippen LogP contribution in [0.1, 0.15) is 42.9 Å². The van der Waals surface area contributed by atoms with Crippen LogP contribution >= 0.6 is 0 Å². The third-order valence-corrected chi connectivity index (χ3v) is 6.70. The highest BCUT2D eigenvalue weighted by atomic mass is 16.5. The van der Waals surface area contributed by atoms with Crippen molar-refractivity contribution >= 4 is 0 Å². The molecule has 0 saturated carbocycles. The SMILES string of the molecule is CCCc1nc(CC)c(Oc2ccc(O)c(C)c2)c(=O)n1Cc1ccc(-c2ccccc2-c2noc(=O)[nH]2)cc1. The maximum Gasteiger partial charge on any atom is 0.439 e. The number of H-pyrrole nitrogens is 1. The molecule has 0 aliphatic heterocycles. The summed E-state index contributed by atoms with van der Waals surface area (Å²) in [5, 5.41) is 13.7. The van der Waals surface area contributed by atoms with Crippen molar-refractivity contribution in [3.8, 4) is 39.8 Å². The van der Waals surface area contributed by atoms with Crippen LogP contribution in [0.3, 0.4) is 0 Å². The molecule has 5 rings (SSSR count). The van der Waals surface area contributed by atoms with Crippen LogP contribution in [0.5, 0.6) is 17.2 Å². The molecule has 3 aromatic carbocycles. The molecule has 0 spiro atoms. The van der Waals surface area contributed by atoms with E-state index in [1.54, 1.807) is 29.7 Å². The van der Waals surface area contributed by atoms with E-state index >= 15 is 0 Å². The summed E-state index contributed by atoms with van der Waals surface area (Å²) < 4.78 is 12.4. The number of ether oxygens (including phenoxy) is 1. The predicted octanol–water partition coefficient (Wildman–Crippen LogP) is 5.62.